The Morgan fingerprint density at radius 3 is 2.73 bits per heavy atom. The first-order valence-electron chi connectivity index (χ1n) is 7.88. The Labute approximate surface area is 131 Å². The van der Waals surface area contributed by atoms with Gasteiger partial charge < -0.3 is 5.11 Å². The van der Waals surface area contributed by atoms with Crippen molar-refractivity contribution in [1.29, 1.82) is 0 Å². The van der Waals surface area contributed by atoms with Gasteiger partial charge in [-0.05, 0) is 19.9 Å². The fourth-order valence-corrected chi connectivity index (χ4v) is 4.71. The Morgan fingerprint density at radius 2 is 2.05 bits per heavy atom. The van der Waals surface area contributed by atoms with Crippen LogP contribution in [0.4, 0.5) is 0 Å². The first kappa shape index (κ1) is 15.9. The minimum absolute atomic E-state index is 0.0378. The molecule has 1 aromatic rings. The normalized spacial score (nSPS) is 25.8. The molecule has 2 aliphatic rings. The largest absolute Gasteiger partial charge is 0.395 e. The molecule has 2 fully saturated rings. The molecule has 0 bridgehead atoms. The first-order chi connectivity index (χ1) is 10.5. The molecule has 3 rings (SSSR count). The summed E-state index contributed by atoms with van der Waals surface area (Å²) < 4.78 is 28.8. The van der Waals surface area contributed by atoms with E-state index in [1.165, 1.54) is 23.3 Å². The van der Waals surface area contributed by atoms with Crippen molar-refractivity contribution < 1.29 is 13.5 Å². The second-order valence-electron chi connectivity index (χ2n) is 6.27. The number of aromatic nitrogens is 2. The molecular formula is C14H24N4O3S. The van der Waals surface area contributed by atoms with Gasteiger partial charge in [0, 0.05) is 31.9 Å². The molecule has 1 aliphatic heterocycles. The molecule has 1 aromatic heterocycles. The van der Waals surface area contributed by atoms with E-state index in [-0.39, 0.29) is 17.5 Å². The first-order valence-corrected chi connectivity index (χ1v) is 9.32. The number of rotatable bonds is 4. The molecule has 1 saturated heterocycles. The summed E-state index contributed by atoms with van der Waals surface area (Å²) in [6, 6.07) is 0.190. The zero-order chi connectivity index (χ0) is 15.7. The second kappa shape index (κ2) is 6.27. The van der Waals surface area contributed by atoms with Gasteiger partial charge in [-0.25, -0.2) is 8.42 Å². The van der Waals surface area contributed by atoms with Crippen molar-refractivity contribution in [1.82, 2.24) is 19.0 Å². The summed E-state index contributed by atoms with van der Waals surface area (Å²) in [5.41, 5.74) is 0. The zero-order valence-corrected chi connectivity index (χ0v) is 13.7. The van der Waals surface area contributed by atoms with E-state index in [0.29, 0.717) is 25.7 Å². The van der Waals surface area contributed by atoms with Crippen LogP contribution in [0, 0.1) is 0 Å². The molecule has 7 nitrogen and oxygen atoms in total. The second-order valence-corrected chi connectivity index (χ2v) is 8.21. The van der Waals surface area contributed by atoms with Gasteiger partial charge in [0.1, 0.15) is 4.90 Å². The number of aliphatic hydroxyl groups excluding tert-OH is 1. The maximum Gasteiger partial charge on any atom is 0.246 e. The van der Waals surface area contributed by atoms with Crippen molar-refractivity contribution in [2.45, 2.75) is 42.7 Å². The summed E-state index contributed by atoms with van der Waals surface area (Å²) in [6.07, 6.45) is 7.63. The maximum atomic E-state index is 12.8. The van der Waals surface area contributed by atoms with Crippen LogP contribution < -0.4 is 0 Å². The number of hydrogen-bond donors (Lipinski definition) is 1. The van der Waals surface area contributed by atoms with Crippen molar-refractivity contribution in [3.8, 4) is 0 Å². The summed E-state index contributed by atoms with van der Waals surface area (Å²) in [6.45, 7) is 1.36. The Balaban J connectivity index is 1.77. The number of likely N-dealkylation sites (N-methyl/N-ethyl adjacent to an activating group) is 1. The Morgan fingerprint density at radius 1 is 1.32 bits per heavy atom. The van der Waals surface area contributed by atoms with Gasteiger partial charge in [0.25, 0.3) is 0 Å². The molecule has 1 atom stereocenters. The van der Waals surface area contributed by atoms with E-state index in [4.69, 9.17) is 0 Å². The zero-order valence-electron chi connectivity index (χ0n) is 12.9. The van der Waals surface area contributed by atoms with E-state index in [1.54, 1.807) is 10.9 Å². The molecule has 1 N–H and O–H groups in total. The van der Waals surface area contributed by atoms with Crippen LogP contribution in [-0.2, 0) is 10.0 Å². The Bertz CT molecular complexity index is 609. The highest BCUT2D eigenvalue weighted by Crippen LogP contribution is 2.30. The quantitative estimate of drug-likeness (QED) is 0.860. The Hall–Kier alpha value is -0.960. The van der Waals surface area contributed by atoms with E-state index >= 15 is 0 Å². The molecule has 0 radical (unpaired) electrons. The van der Waals surface area contributed by atoms with Crippen molar-refractivity contribution in [3.63, 3.8) is 0 Å². The van der Waals surface area contributed by atoms with Crippen molar-refractivity contribution in [2.75, 3.05) is 33.3 Å². The van der Waals surface area contributed by atoms with Crippen LogP contribution >= 0.6 is 0 Å². The average Bonchev–Trinajstić information content (AvgIpc) is 3.18. The highest BCUT2D eigenvalue weighted by atomic mass is 32.2. The van der Waals surface area contributed by atoms with Crippen molar-refractivity contribution >= 4 is 10.0 Å². The fourth-order valence-electron chi connectivity index (χ4n) is 3.30. The van der Waals surface area contributed by atoms with Gasteiger partial charge in [-0.3, -0.25) is 9.58 Å². The van der Waals surface area contributed by atoms with Crippen LogP contribution in [0.25, 0.3) is 0 Å². The van der Waals surface area contributed by atoms with E-state index in [1.807, 2.05) is 11.9 Å². The molecule has 1 aliphatic carbocycles. The lowest BCUT2D eigenvalue weighted by atomic mass is 10.2. The lowest BCUT2D eigenvalue weighted by Crippen LogP contribution is -2.54. The molecule has 0 spiro atoms. The predicted molar refractivity (Wildman–Crippen MR) is 82.0 cm³/mol. The van der Waals surface area contributed by atoms with Crippen LogP contribution in [-0.4, -0.2) is 71.8 Å². The molecule has 0 amide bonds. The molecule has 124 valence electrons. The lowest BCUT2D eigenvalue weighted by molar-refractivity contribution is 0.0924. The van der Waals surface area contributed by atoms with E-state index in [9.17, 15) is 13.5 Å². The molecule has 0 aromatic carbocycles. The monoisotopic (exact) mass is 328 g/mol. The molecule has 2 heterocycles. The van der Waals surface area contributed by atoms with Gasteiger partial charge in [-0.15, -0.1) is 0 Å². The summed E-state index contributed by atoms with van der Waals surface area (Å²) >= 11 is 0. The van der Waals surface area contributed by atoms with Gasteiger partial charge in [0.2, 0.25) is 10.0 Å². The summed E-state index contributed by atoms with van der Waals surface area (Å²) in [4.78, 5) is 2.26. The molecular weight excluding hydrogens is 304 g/mol. The van der Waals surface area contributed by atoms with Gasteiger partial charge in [0.15, 0.2) is 0 Å². The van der Waals surface area contributed by atoms with Crippen molar-refractivity contribution in [2.24, 2.45) is 0 Å². The third-order valence-electron chi connectivity index (χ3n) is 4.86. The molecule has 1 unspecified atom stereocenters. The predicted octanol–water partition coefficient (Wildman–Crippen LogP) is 0.295. The average molecular weight is 328 g/mol. The maximum absolute atomic E-state index is 12.8. The van der Waals surface area contributed by atoms with Crippen LogP contribution in [0.1, 0.15) is 31.7 Å². The number of hydrogen-bond acceptors (Lipinski definition) is 5. The summed E-state index contributed by atoms with van der Waals surface area (Å²) in [5.74, 6) is 0. The summed E-state index contributed by atoms with van der Waals surface area (Å²) in [5, 5.41) is 13.6. The topological polar surface area (TPSA) is 78.7 Å². The van der Waals surface area contributed by atoms with Crippen LogP contribution in [0.2, 0.25) is 0 Å². The van der Waals surface area contributed by atoms with E-state index in [2.05, 4.69) is 5.10 Å². The van der Waals surface area contributed by atoms with Gasteiger partial charge in [-0.1, -0.05) is 12.8 Å². The van der Waals surface area contributed by atoms with Gasteiger partial charge >= 0.3 is 0 Å². The van der Waals surface area contributed by atoms with Crippen LogP contribution in [0.5, 0.6) is 0 Å². The van der Waals surface area contributed by atoms with Crippen LogP contribution in [0.15, 0.2) is 17.3 Å². The van der Waals surface area contributed by atoms with E-state index < -0.39 is 10.0 Å². The van der Waals surface area contributed by atoms with Crippen molar-refractivity contribution in [3.05, 3.63) is 12.4 Å². The summed E-state index contributed by atoms with van der Waals surface area (Å²) in [7, 11) is -1.62. The highest BCUT2D eigenvalue weighted by Gasteiger charge is 2.33. The van der Waals surface area contributed by atoms with Gasteiger partial charge in [0.05, 0.1) is 18.8 Å². The minimum Gasteiger partial charge on any atom is -0.395 e. The third kappa shape index (κ3) is 2.92. The third-order valence-corrected chi connectivity index (χ3v) is 6.68. The highest BCUT2D eigenvalue weighted by molar-refractivity contribution is 7.89. The standard InChI is InChI=1S/C14H24N4O3S/c1-16-6-7-17(9-13(16)11-19)22(20,21)14-8-15-18(10-14)12-4-2-3-5-12/h8,10,12-13,19H,2-7,9,11H2,1H3. The van der Waals surface area contributed by atoms with Crippen LogP contribution in [0.3, 0.4) is 0 Å². The smallest absolute Gasteiger partial charge is 0.246 e. The number of aliphatic hydroxyl groups is 1. The fraction of sp³-hybridized carbons (Fsp3) is 0.786. The molecule has 1 saturated carbocycles. The Kier molecular flexibility index (Phi) is 4.54. The molecule has 22 heavy (non-hydrogen) atoms. The SMILES string of the molecule is CN1CCN(S(=O)(=O)c2cnn(C3CCCC3)c2)CC1CO. The molecule has 8 heteroatoms. The number of piperazine rings is 1. The lowest BCUT2D eigenvalue weighted by Gasteiger charge is -2.37. The van der Waals surface area contributed by atoms with E-state index in [0.717, 1.165) is 12.8 Å². The minimum atomic E-state index is -3.52. The number of nitrogens with zero attached hydrogens (tertiary/aromatic N) is 4. The van der Waals surface area contributed by atoms with Gasteiger partial charge in [-0.2, -0.15) is 9.40 Å². The number of sulfonamides is 1.